The number of hydrogen-bond acceptors (Lipinski definition) is 7. The molecule has 0 bridgehead atoms. The van der Waals surface area contributed by atoms with E-state index < -0.39 is 16.4 Å². The summed E-state index contributed by atoms with van der Waals surface area (Å²) in [7, 11) is -2.09. The lowest BCUT2D eigenvalue weighted by atomic mass is 10.0. The molecule has 0 N–H and O–H groups in total. The van der Waals surface area contributed by atoms with Crippen LogP contribution in [0.3, 0.4) is 0 Å². The van der Waals surface area contributed by atoms with Crippen LogP contribution in [0.15, 0.2) is 36.4 Å². The van der Waals surface area contributed by atoms with Crippen molar-refractivity contribution in [1.82, 2.24) is 10.0 Å². The normalized spacial score (nSPS) is 15.7. The second-order valence-electron chi connectivity index (χ2n) is 13.4. The quantitative estimate of drug-likeness (QED) is 0.142. The first-order valence-electron chi connectivity index (χ1n) is 14.7. The van der Waals surface area contributed by atoms with Gasteiger partial charge in [0, 0.05) is 42.2 Å². The molecule has 2 heterocycles. The van der Waals surface area contributed by atoms with Gasteiger partial charge in [0.2, 0.25) is 0 Å². The largest absolute Gasteiger partial charge is 0.465 e. The lowest BCUT2D eigenvalue weighted by molar-refractivity contribution is 0.0161. The van der Waals surface area contributed by atoms with Gasteiger partial charge in [0.15, 0.2) is 8.32 Å². The number of ether oxygens (including phenoxy) is 1. The maximum atomic E-state index is 13.0. The van der Waals surface area contributed by atoms with Crippen molar-refractivity contribution >= 4 is 50.7 Å². The van der Waals surface area contributed by atoms with Gasteiger partial charge in [-0.1, -0.05) is 70.2 Å². The maximum absolute atomic E-state index is 13.0. The highest BCUT2D eigenvalue weighted by Crippen LogP contribution is 2.38. The lowest BCUT2D eigenvalue weighted by Gasteiger charge is -2.41. The van der Waals surface area contributed by atoms with Crippen LogP contribution in [0.4, 0.5) is 4.79 Å². The van der Waals surface area contributed by atoms with Gasteiger partial charge in [-0.3, -0.25) is 9.80 Å². The number of carbonyl (C=O) groups is 2. The fourth-order valence-electron chi connectivity index (χ4n) is 4.34. The van der Waals surface area contributed by atoms with Crippen LogP contribution in [-0.2, 0) is 22.0 Å². The van der Waals surface area contributed by atoms with E-state index in [1.165, 1.54) is 35.8 Å². The minimum Gasteiger partial charge on any atom is -0.465 e. The predicted molar refractivity (Wildman–Crippen MR) is 183 cm³/mol. The number of methoxy groups -OCH3 is 1. The molecule has 6 nitrogen and oxygen atoms in total. The van der Waals surface area contributed by atoms with Crippen LogP contribution in [0.25, 0.3) is 0 Å². The van der Waals surface area contributed by atoms with Gasteiger partial charge in [-0.2, -0.15) is 0 Å². The average Bonchev–Trinajstić information content (AvgIpc) is 3.38. The molecule has 0 saturated carbocycles. The number of nitrogens with zero attached hydrogens (tertiary/aromatic N) is 2. The Balaban J connectivity index is 1.74. The molecular formula is C32H48N2O4S2Si2. The third-order valence-electron chi connectivity index (χ3n) is 7.69. The molecule has 1 aromatic carbocycles. The van der Waals surface area contributed by atoms with Crippen LogP contribution in [0.5, 0.6) is 0 Å². The summed E-state index contributed by atoms with van der Waals surface area (Å²) in [6, 6.07) is 12.3. The molecule has 0 aliphatic carbocycles. The van der Waals surface area contributed by atoms with Crippen molar-refractivity contribution in [3.63, 3.8) is 0 Å². The summed E-state index contributed by atoms with van der Waals surface area (Å²) in [5, 5.41) is 4.28. The average molecular weight is 645 g/mol. The third-order valence-corrected chi connectivity index (χ3v) is 15.1. The van der Waals surface area contributed by atoms with Crippen molar-refractivity contribution in [1.29, 1.82) is 0 Å². The second-order valence-corrected chi connectivity index (χ2v) is 25.1. The molecule has 1 atom stereocenters. The van der Waals surface area contributed by atoms with Crippen LogP contribution in [0.1, 0.15) is 52.9 Å². The summed E-state index contributed by atoms with van der Waals surface area (Å²) in [4.78, 5) is 26.5. The first-order valence-corrected chi connectivity index (χ1v) is 22.9. The summed E-state index contributed by atoms with van der Waals surface area (Å²) in [6.45, 7) is 20.4. The Morgan fingerprint density at radius 2 is 1.83 bits per heavy atom. The molecule has 1 saturated heterocycles. The van der Waals surface area contributed by atoms with Crippen LogP contribution in [-0.4, -0.2) is 76.2 Å². The number of esters is 1. The van der Waals surface area contributed by atoms with Crippen molar-refractivity contribution in [2.45, 2.75) is 83.9 Å². The number of benzene rings is 1. The number of carbonyl (C=O) groups excluding carboxylic acids is 2. The molecular weight excluding hydrogens is 597 g/mol. The molecule has 1 amide bonds. The van der Waals surface area contributed by atoms with Gasteiger partial charge >= 0.3 is 5.97 Å². The van der Waals surface area contributed by atoms with Crippen molar-refractivity contribution in [2.24, 2.45) is 0 Å². The Morgan fingerprint density at radius 3 is 2.50 bits per heavy atom. The molecule has 0 unspecified atom stereocenters. The van der Waals surface area contributed by atoms with Gasteiger partial charge in [-0.15, -0.1) is 16.9 Å². The van der Waals surface area contributed by atoms with Gasteiger partial charge in [0.05, 0.1) is 13.2 Å². The van der Waals surface area contributed by atoms with Gasteiger partial charge in [-0.25, -0.2) is 9.80 Å². The number of hydrazine groups is 1. The van der Waals surface area contributed by atoms with E-state index in [-0.39, 0.29) is 22.4 Å². The molecule has 1 aliphatic rings. The van der Waals surface area contributed by atoms with E-state index in [2.05, 4.69) is 94.2 Å². The summed E-state index contributed by atoms with van der Waals surface area (Å²) in [5.74, 6) is 3.87. The van der Waals surface area contributed by atoms with E-state index in [9.17, 15) is 9.59 Å². The molecule has 0 spiro atoms. The third kappa shape index (κ3) is 10.4. The number of hydrogen-bond donors (Lipinski definition) is 0. The van der Waals surface area contributed by atoms with Gasteiger partial charge in [0.1, 0.15) is 13.0 Å². The van der Waals surface area contributed by atoms with Crippen molar-refractivity contribution in [3.05, 3.63) is 57.3 Å². The minimum atomic E-state index is -2.02. The van der Waals surface area contributed by atoms with Crippen LogP contribution in [0.2, 0.25) is 37.8 Å². The summed E-state index contributed by atoms with van der Waals surface area (Å²) in [5.41, 5.74) is 5.79. The highest BCUT2D eigenvalue weighted by molar-refractivity contribution is 8.13. The van der Waals surface area contributed by atoms with E-state index in [4.69, 9.17) is 9.16 Å². The SMILES string of the molecule is COC(=O)c1ccc(CCN2C(=O)SCCN2CC[C@H](Cc2cccc(C#C[Si](C)(C)C)c2)O[Si](C)(C)C(C)(C)C)s1. The first-order chi connectivity index (χ1) is 19.6. The number of thioether (sulfide) groups is 1. The number of rotatable bonds is 11. The van der Waals surface area contributed by atoms with Crippen LogP contribution < -0.4 is 0 Å². The Kier molecular flexibility index (Phi) is 12.1. The maximum Gasteiger partial charge on any atom is 0.348 e. The van der Waals surface area contributed by atoms with E-state index in [0.29, 0.717) is 17.8 Å². The van der Waals surface area contributed by atoms with E-state index in [0.717, 1.165) is 42.1 Å². The van der Waals surface area contributed by atoms with Gasteiger partial charge < -0.3 is 9.16 Å². The molecule has 230 valence electrons. The lowest BCUT2D eigenvalue weighted by Crippen LogP contribution is -2.51. The predicted octanol–water partition coefficient (Wildman–Crippen LogP) is 7.72. The first kappa shape index (κ1) is 34.6. The minimum absolute atomic E-state index is 0.0394. The van der Waals surface area contributed by atoms with Crippen LogP contribution >= 0.6 is 23.1 Å². The zero-order valence-corrected chi connectivity index (χ0v) is 30.5. The monoisotopic (exact) mass is 644 g/mol. The zero-order chi connectivity index (χ0) is 31.1. The van der Waals surface area contributed by atoms with Crippen molar-refractivity contribution in [3.8, 4) is 11.5 Å². The fraction of sp³-hybridized carbons (Fsp3) is 0.562. The topological polar surface area (TPSA) is 59.1 Å². The van der Waals surface area contributed by atoms with Crippen LogP contribution in [0, 0.1) is 11.5 Å². The Hall–Kier alpha value is -1.88. The standard InChI is InChI=1S/C32H48N2O4S2Si2/c1-32(2,3)42(8,9)38-27(24-26-12-10-11-25(23-26)17-22-41(5,6)7)15-18-33-20-21-39-31(36)34(33)19-16-28-13-14-29(40-28)30(35)37-4/h10-14,23,27H,15-16,18-21,24H2,1-9H3/t27-/m1/s1. The van der Waals surface area contributed by atoms with Crippen molar-refractivity contribution < 1.29 is 18.8 Å². The molecule has 10 heteroatoms. The number of amides is 1. The highest BCUT2D eigenvalue weighted by atomic mass is 32.2. The molecule has 1 fully saturated rings. The van der Waals surface area contributed by atoms with E-state index in [1.54, 1.807) is 6.07 Å². The zero-order valence-electron chi connectivity index (χ0n) is 26.8. The highest BCUT2D eigenvalue weighted by Gasteiger charge is 2.39. The smallest absolute Gasteiger partial charge is 0.348 e. The molecule has 1 aromatic heterocycles. The Morgan fingerprint density at radius 1 is 1.10 bits per heavy atom. The molecule has 42 heavy (non-hydrogen) atoms. The van der Waals surface area contributed by atoms with Crippen molar-refractivity contribution in [2.75, 3.05) is 32.5 Å². The second kappa shape index (κ2) is 14.7. The van der Waals surface area contributed by atoms with Gasteiger partial charge in [-0.05, 0) is 60.8 Å². The van der Waals surface area contributed by atoms with E-state index >= 15 is 0 Å². The summed E-state index contributed by atoms with van der Waals surface area (Å²) >= 11 is 2.81. The summed E-state index contributed by atoms with van der Waals surface area (Å²) in [6.07, 6.45) is 2.38. The molecule has 2 aromatic rings. The van der Waals surface area contributed by atoms with Gasteiger partial charge in [0.25, 0.3) is 5.24 Å². The molecule has 1 aliphatic heterocycles. The van der Waals surface area contributed by atoms with E-state index in [1.807, 2.05) is 11.1 Å². The number of thiophene rings is 1. The molecule has 0 radical (unpaired) electrons. The fourth-order valence-corrected chi connectivity index (χ4v) is 8.00. The molecule has 3 rings (SSSR count). The Bertz CT molecular complexity index is 1290. The Labute approximate surface area is 263 Å². The summed E-state index contributed by atoms with van der Waals surface area (Å²) < 4.78 is 11.9.